The molecule has 362 valence electrons. The summed E-state index contributed by atoms with van der Waals surface area (Å²) >= 11 is 0. The Kier molecular flexibility index (Phi) is 22.5. The number of aromatic nitrogens is 4. The number of hydrogen-bond donors (Lipinski definition) is 14. The van der Waals surface area contributed by atoms with Crippen molar-refractivity contribution >= 4 is 64.3 Å². The van der Waals surface area contributed by atoms with E-state index in [4.69, 9.17) is 44.9 Å². The molecule has 2 aromatic heterocycles. The Morgan fingerprint density at radius 1 is 0.692 bits per heavy atom. The minimum atomic E-state index is -1.53. The highest BCUT2D eigenvalue weighted by molar-refractivity contribution is 5.92. The number of guanidine groups is 2. The summed E-state index contributed by atoms with van der Waals surface area (Å²) in [5, 5.41) is 34.7. The maximum absolute atomic E-state index is 13.2. The number of amides is 6. The molecule has 0 spiro atoms. The van der Waals surface area contributed by atoms with Crippen molar-refractivity contribution in [1.29, 1.82) is 0 Å². The Morgan fingerprint density at radius 3 is 1.92 bits per heavy atom. The van der Waals surface area contributed by atoms with Crippen molar-refractivity contribution in [2.24, 2.45) is 44.4 Å². The molecule has 65 heavy (non-hydrogen) atoms. The van der Waals surface area contributed by atoms with Gasteiger partial charge in [-0.05, 0) is 70.8 Å². The third kappa shape index (κ3) is 17.9. The van der Waals surface area contributed by atoms with E-state index in [2.05, 4.69) is 51.5 Å². The number of aliphatic hydroxyl groups is 2. The SMILES string of the molecule is NCCCC[C@@H](NC(=O)CCCCCNC(=O)[C@H]1O[C@@H](n2cnc3c(N)ncnc32)[C@H](O)[C@@H]1O)C(=O)NCCCC(=O)N[C@H](CCCN=C(N)N)C(=O)N[C@H](CCCN=C(N)N)C(N)=O. The van der Waals surface area contributed by atoms with Gasteiger partial charge in [0.05, 0.1) is 6.33 Å². The molecule has 6 amide bonds. The highest BCUT2D eigenvalue weighted by atomic mass is 16.6. The Balaban J connectivity index is 1.41. The summed E-state index contributed by atoms with van der Waals surface area (Å²) in [4.78, 5) is 97.0. The van der Waals surface area contributed by atoms with Gasteiger partial charge in [0.15, 0.2) is 35.7 Å². The fourth-order valence-corrected chi connectivity index (χ4v) is 6.77. The van der Waals surface area contributed by atoms with Crippen molar-refractivity contribution in [3.8, 4) is 0 Å². The molecule has 2 aromatic rings. The molecule has 1 fully saturated rings. The molecule has 0 aliphatic carbocycles. The normalized spacial score (nSPS) is 18.1. The lowest BCUT2D eigenvalue weighted by Crippen LogP contribution is -2.53. The van der Waals surface area contributed by atoms with Gasteiger partial charge in [-0.25, -0.2) is 15.0 Å². The Morgan fingerprint density at radius 2 is 1.29 bits per heavy atom. The average Bonchev–Trinajstić information content (AvgIpc) is 3.82. The molecule has 1 aliphatic heterocycles. The van der Waals surface area contributed by atoms with E-state index in [-0.39, 0.29) is 93.1 Å². The average molecular weight is 919 g/mol. The molecule has 0 saturated carbocycles. The second kappa shape index (κ2) is 27.7. The standard InChI is InChI=1S/C38H66N18O9/c39-14-4-3-9-22(33(62)46-16-8-13-25(58)54-23(11-7-18-49-38(44)45)34(63)55-21(31(41)61)10-6-17-48-37(42)43)53-24(57)12-2-1-5-15-47-35(64)29-27(59)28(60)36(65-29)56-20-52-26-30(40)50-19-51-32(26)56/h19-23,27-29,36,59-60H,1-18,39H2,(H2,41,61)(H,46,62)(H,47,64)(H,53,57)(H,54,58)(H,55,63)(H2,40,50,51)(H4,42,43,48)(H4,44,45,49)/t21-,22-,23-,27+,28-,29+,36-/m1/s1. The van der Waals surface area contributed by atoms with Crippen LogP contribution in [-0.2, 0) is 33.5 Å². The van der Waals surface area contributed by atoms with E-state index in [0.717, 1.165) is 0 Å². The van der Waals surface area contributed by atoms with E-state index < -0.39 is 72.2 Å². The van der Waals surface area contributed by atoms with Gasteiger partial charge in [-0.1, -0.05) is 6.42 Å². The maximum Gasteiger partial charge on any atom is 0.252 e. The number of fused-ring (bicyclic) bond motifs is 1. The third-order valence-electron chi connectivity index (χ3n) is 10.2. The van der Waals surface area contributed by atoms with Gasteiger partial charge >= 0.3 is 0 Å². The summed E-state index contributed by atoms with van der Waals surface area (Å²) in [7, 11) is 0. The van der Waals surface area contributed by atoms with Crippen molar-refractivity contribution in [1.82, 2.24) is 46.1 Å². The monoisotopic (exact) mass is 919 g/mol. The first-order valence-electron chi connectivity index (χ1n) is 21.5. The van der Waals surface area contributed by atoms with Crippen LogP contribution in [0, 0.1) is 0 Å². The molecule has 21 N–H and O–H groups in total. The second-order valence-corrected chi connectivity index (χ2v) is 15.4. The summed E-state index contributed by atoms with van der Waals surface area (Å²) in [6.07, 6.45) is 1.28. The first-order chi connectivity index (χ1) is 31.0. The van der Waals surface area contributed by atoms with Crippen molar-refractivity contribution in [2.75, 3.05) is 38.5 Å². The number of carbonyl (C=O) groups excluding carboxylic acids is 6. The van der Waals surface area contributed by atoms with E-state index in [1.165, 1.54) is 17.2 Å². The van der Waals surface area contributed by atoms with E-state index in [1.54, 1.807) is 0 Å². The van der Waals surface area contributed by atoms with Gasteiger partial charge < -0.3 is 81.7 Å². The number of nitrogens with two attached hydrogens (primary N) is 7. The summed E-state index contributed by atoms with van der Waals surface area (Å²) in [6, 6.07) is -2.94. The zero-order valence-corrected chi connectivity index (χ0v) is 36.4. The van der Waals surface area contributed by atoms with Crippen molar-refractivity contribution < 1.29 is 43.7 Å². The Labute approximate surface area is 375 Å². The highest BCUT2D eigenvalue weighted by Crippen LogP contribution is 2.32. The number of hydrogen-bond acceptors (Lipinski definition) is 16. The second-order valence-electron chi connectivity index (χ2n) is 15.4. The van der Waals surface area contributed by atoms with Crippen LogP contribution in [0.25, 0.3) is 11.2 Å². The van der Waals surface area contributed by atoms with Crippen molar-refractivity contribution in [3.63, 3.8) is 0 Å². The number of aliphatic imine (C=N–C) groups is 2. The lowest BCUT2D eigenvalue weighted by Gasteiger charge is -2.22. The maximum atomic E-state index is 13.2. The number of rotatable bonds is 30. The number of ether oxygens (including phenoxy) is 1. The molecular formula is C38H66N18O9. The molecule has 0 radical (unpaired) electrons. The smallest absolute Gasteiger partial charge is 0.252 e. The number of anilines is 1. The van der Waals surface area contributed by atoms with Crippen LogP contribution in [0.5, 0.6) is 0 Å². The number of imidazole rings is 1. The van der Waals surface area contributed by atoms with E-state index in [1.807, 2.05) is 0 Å². The first kappa shape index (κ1) is 52.9. The number of aliphatic hydroxyl groups excluding tert-OH is 2. The fourth-order valence-electron chi connectivity index (χ4n) is 6.77. The summed E-state index contributed by atoms with van der Waals surface area (Å²) < 4.78 is 7.08. The third-order valence-corrected chi connectivity index (χ3v) is 10.2. The first-order valence-corrected chi connectivity index (χ1v) is 21.5. The van der Waals surface area contributed by atoms with Crippen LogP contribution in [0.15, 0.2) is 22.6 Å². The highest BCUT2D eigenvalue weighted by Gasteiger charge is 2.47. The van der Waals surface area contributed by atoms with Gasteiger partial charge in [0.1, 0.15) is 42.2 Å². The largest absolute Gasteiger partial charge is 0.387 e. The van der Waals surface area contributed by atoms with Gasteiger partial charge in [0.25, 0.3) is 5.91 Å². The molecular weight excluding hydrogens is 853 g/mol. The summed E-state index contributed by atoms with van der Waals surface area (Å²) in [6.45, 7) is 1.11. The minimum absolute atomic E-state index is 0.0637. The fraction of sp³-hybridized carbons (Fsp3) is 0.658. The minimum Gasteiger partial charge on any atom is -0.387 e. The zero-order chi connectivity index (χ0) is 47.9. The number of nitrogens with zero attached hydrogens (tertiary/aromatic N) is 6. The van der Waals surface area contributed by atoms with E-state index >= 15 is 0 Å². The molecule has 27 heteroatoms. The summed E-state index contributed by atoms with van der Waals surface area (Å²) in [5.41, 5.74) is 39.0. The molecule has 0 unspecified atom stereocenters. The number of nitrogens with one attached hydrogen (secondary N) is 5. The number of primary amides is 1. The summed E-state index contributed by atoms with van der Waals surface area (Å²) in [5.74, 6) is -3.45. The molecule has 7 atom stereocenters. The number of nitrogen functional groups attached to an aromatic ring is 1. The molecule has 0 bridgehead atoms. The number of unbranched alkanes of at least 4 members (excludes halogenated alkanes) is 3. The van der Waals surface area contributed by atoms with Crippen molar-refractivity contribution in [3.05, 3.63) is 12.7 Å². The lowest BCUT2D eigenvalue weighted by atomic mass is 10.1. The van der Waals surface area contributed by atoms with Crippen LogP contribution in [0.3, 0.4) is 0 Å². The van der Waals surface area contributed by atoms with Crippen LogP contribution in [0.4, 0.5) is 5.82 Å². The van der Waals surface area contributed by atoms with E-state index in [9.17, 15) is 39.0 Å². The van der Waals surface area contributed by atoms with Gasteiger partial charge in [-0.2, -0.15) is 0 Å². The topological polar surface area (TPSA) is 463 Å². The zero-order valence-electron chi connectivity index (χ0n) is 36.4. The Hall–Kier alpha value is -6.45. The van der Waals surface area contributed by atoms with Gasteiger partial charge in [-0.15, -0.1) is 0 Å². The quantitative estimate of drug-likeness (QED) is 0.0198. The molecule has 27 nitrogen and oxygen atoms in total. The van der Waals surface area contributed by atoms with Gasteiger partial charge in [0.2, 0.25) is 29.5 Å². The molecule has 0 aromatic carbocycles. The van der Waals surface area contributed by atoms with Crippen LogP contribution < -0.4 is 66.7 Å². The van der Waals surface area contributed by atoms with Crippen LogP contribution in [0.1, 0.15) is 89.7 Å². The van der Waals surface area contributed by atoms with Crippen molar-refractivity contribution in [2.45, 2.75) is 126 Å². The number of carbonyl (C=O) groups is 6. The van der Waals surface area contributed by atoms with Crippen LogP contribution >= 0.6 is 0 Å². The predicted octanol–water partition coefficient (Wildman–Crippen LogP) is -5.22. The Bertz CT molecular complexity index is 1940. The van der Waals surface area contributed by atoms with Crippen LogP contribution in [-0.4, -0.2) is 146 Å². The predicted molar refractivity (Wildman–Crippen MR) is 237 cm³/mol. The lowest BCUT2D eigenvalue weighted by molar-refractivity contribution is -0.137. The van der Waals surface area contributed by atoms with Gasteiger partial charge in [0, 0.05) is 39.0 Å². The molecule has 3 heterocycles. The van der Waals surface area contributed by atoms with E-state index in [0.29, 0.717) is 57.9 Å². The molecule has 1 saturated heterocycles. The molecule has 3 rings (SSSR count). The van der Waals surface area contributed by atoms with Crippen LogP contribution in [0.2, 0.25) is 0 Å². The molecule has 1 aliphatic rings. The van der Waals surface area contributed by atoms with Gasteiger partial charge in [-0.3, -0.25) is 43.3 Å².